The first kappa shape index (κ1) is 7.84. The number of rotatable bonds is 4. The third-order valence-electron chi connectivity index (χ3n) is 0.744. The van der Waals surface area contributed by atoms with Crippen molar-refractivity contribution in [3.05, 3.63) is 0 Å². The molecule has 42 valence electrons. The summed E-state index contributed by atoms with van der Waals surface area (Å²) in [6.07, 6.45) is 2.51. The molecule has 0 aromatic rings. The van der Waals surface area contributed by atoms with Crippen molar-refractivity contribution in [2.45, 2.75) is 24.4 Å². The topological polar surface area (TPSA) is 9.23 Å². The van der Waals surface area contributed by atoms with E-state index in [2.05, 4.69) is 11.6 Å². The second-order valence-electron chi connectivity index (χ2n) is 1.41. The van der Waals surface area contributed by atoms with E-state index in [-0.39, 0.29) is 23.7 Å². The van der Waals surface area contributed by atoms with Crippen LogP contribution in [-0.2, 0) is 26.5 Å². The van der Waals surface area contributed by atoms with Crippen LogP contribution in [0.4, 0.5) is 0 Å². The molecule has 0 saturated heterocycles. The molecule has 7 heavy (non-hydrogen) atoms. The van der Waals surface area contributed by atoms with Crippen LogP contribution in [-0.4, -0.2) is 6.61 Å². The molecule has 0 unspecified atom stereocenters. The fraction of sp³-hybridized carbons (Fsp3) is 1.00. The number of unbranched alkanes of at least 4 members (excludes halogenated alkanes) is 1. The van der Waals surface area contributed by atoms with E-state index in [1.54, 1.807) is 0 Å². The summed E-state index contributed by atoms with van der Waals surface area (Å²) in [5.74, 6) is 0. The molecular formula is C5H12OZr. The molecule has 0 bridgehead atoms. The van der Waals surface area contributed by atoms with Gasteiger partial charge in [-0.1, -0.05) is 0 Å². The van der Waals surface area contributed by atoms with Crippen molar-refractivity contribution in [2.24, 2.45) is 0 Å². The molecule has 0 aliphatic rings. The van der Waals surface area contributed by atoms with Crippen molar-refractivity contribution >= 4 is 0 Å². The average molecular weight is 179 g/mol. The van der Waals surface area contributed by atoms with Crippen molar-refractivity contribution in [1.29, 1.82) is 0 Å². The molecular weight excluding hydrogens is 167 g/mol. The van der Waals surface area contributed by atoms with Gasteiger partial charge in [0.05, 0.1) is 0 Å². The quantitative estimate of drug-likeness (QED) is 0.599. The third kappa shape index (κ3) is 6.84. The van der Waals surface area contributed by atoms with Crippen LogP contribution in [0.1, 0.15) is 19.8 Å². The molecule has 2 heteroatoms. The molecule has 0 aliphatic carbocycles. The Balaban J connectivity index is 2.45. The van der Waals surface area contributed by atoms with Gasteiger partial charge in [-0.05, 0) is 0 Å². The summed E-state index contributed by atoms with van der Waals surface area (Å²) in [5, 5.41) is 0. The van der Waals surface area contributed by atoms with Crippen LogP contribution in [0.25, 0.3) is 0 Å². The Morgan fingerprint density at radius 3 is 2.71 bits per heavy atom. The van der Waals surface area contributed by atoms with Gasteiger partial charge < -0.3 is 0 Å². The molecule has 0 atom stereocenters. The molecule has 0 aromatic carbocycles. The zero-order chi connectivity index (χ0) is 5.54. The van der Waals surface area contributed by atoms with Crippen molar-refractivity contribution in [3.8, 4) is 0 Å². The minimum atomic E-state index is -0.323. The van der Waals surface area contributed by atoms with Gasteiger partial charge in [-0.3, -0.25) is 0 Å². The van der Waals surface area contributed by atoms with E-state index in [1.165, 1.54) is 12.8 Å². The Labute approximate surface area is 57.6 Å². The molecule has 0 fully saturated rings. The van der Waals surface area contributed by atoms with Gasteiger partial charge in [-0.25, -0.2) is 0 Å². The van der Waals surface area contributed by atoms with Gasteiger partial charge in [0.1, 0.15) is 0 Å². The molecule has 0 rings (SSSR count). The van der Waals surface area contributed by atoms with Crippen molar-refractivity contribution in [1.82, 2.24) is 0 Å². The van der Waals surface area contributed by atoms with Crippen LogP contribution in [0.3, 0.4) is 0 Å². The Kier molecular flexibility index (Phi) is 7.67. The fourth-order valence-corrected chi connectivity index (χ4v) is 1.18. The fourth-order valence-electron chi connectivity index (χ4n) is 0.319. The van der Waals surface area contributed by atoms with Crippen LogP contribution in [0.15, 0.2) is 0 Å². The number of hydrogen-bond acceptors (Lipinski definition) is 1. The van der Waals surface area contributed by atoms with E-state index in [9.17, 15) is 0 Å². The second-order valence-corrected chi connectivity index (χ2v) is 3.12. The predicted molar refractivity (Wildman–Crippen MR) is 26.7 cm³/mol. The van der Waals surface area contributed by atoms with Gasteiger partial charge in [0.15, 0.2) is 0 Å². The summed E-state index contributed by atoms with van der Waals surface area (Å²) in [5.41, 5.74) is 0. The molecule has 0 N–H and O–H groups in total. The molecule has 0 radical (unpaired) electrons. The van der Waals surface area contributed by atoms with E-state index < -0.39 is 0 Å². The average Bonchev–Trinajstić information content (AvgIpc) is 1.69. The molecule has 0 saturated carbocycles. The van der Waals surface area contributed by atoms with Crippen LogP contribution in [0.2, 0.25) is 4.63 Å². The number of hydrogen-bond donors (Lipinski definition) is 0. The van der Waals surface area contributed by atoms with E-state index in [0.717, 1.165) is 6.61 Å². The minimum absolute atomic E-state index is 0.323. The summed E-state index contributed by atoms with van der Waals surface area (Å²) < 4.78 is 7.44. The van der Waals surface area contributed by atoms with Crippen LogP contribution in [0.5, 0.6) is 0 Å². The summed E-state index contributed by atoms with van der Waals surface area (Å²) in [6, 6.07) is 0. The van der Waals surface area contributed by atoms with E-state index in [1.807, 2.05) is 0 Å². The molecule has 0 spiro atoms. The zero-order valence-electron chi connectivity index (χ0n) is 5.03. The van der Waals surface area contributed by atoms with Crippen LogP contribution in [0, 0.1) is 0 Å². The Morgan fingerprint density at radius 2 is 2.29 bits per heavy atom. The monoisotopic (exact) mass is 178 g/mol. The first-order chi connectivity index (χ1) is 3.41. The molecule has 0 aromatic heterocycles. The van der Waals surface area contributed by atoms with Crippen molar-refractivity contribution in [3.63, 3.8) is 0 Å². The van der Waals surface area contributed by atoms with E-state index >= 15 is 0 Å². The molecule has 0 amide bonds. The Hall–Kier alpha value is 0.843. The van der Waals surface area contributed by atoms with Crippen molar-refractivity contribution in [2.75, 3.05) is 6.61 Å². The summed E-state index contributed by atoms with van der Waals surface area (Å²) >= 11 is -0.323. The summed E-state index contributed by atoms with van der Waals surface area (Å²) in [6.45, 7) is 3.20. The molecule has 0 aliphatic heterocycles. The standard InChI is InChI=1S/C4H9O.CH3.Zr/c1-2-3-4-5;;/h2-4H2,1H3;1H3;/q-1;;+1. The maximum atomic E-state index is 5.24. The predicted octanol–water partition coefficient (Wildman–Crippen LogP) is 1.85. The normalized spacial score (nSPS) is 8.86. The summed E-state index contributed by atoms with van der Waals surface area (Å²) in [7, 11) is 0. The van der Waals surface area contributed by atoms with Gasteiger partial charge >= 0.3 is 57.5 Å². The van der Waals surface area contributed by atoms with Crippen LogP contribution >= 0.6 is 0 Å². The van der Waals surface area contributed by atoms with Gasteiger partial charge in [-0.15, -0.1) is 0 Å². The zero-order valence-corrected chi connectivity index (χ0v) is 7.49. The van der Waals surface area contributed by atoms with Crippen LogP contribution < -0.4 is 0 Å². The van der Waals surface area contributed by atoms with E-state index in [0.29, 0.717) is 0 Å². The van der Waals surface area contributed by atoms with Gasteiger partial charge in [0.25, 0.3) is 0 Å². The van der Waals surface area contributed by atoms with Gasteiger partial charge in [0, 0.05) is 0 Å². The van der Waals surface area contributed by atoms with Crippen molar-refractivity contribution < 1.29 is 26.5 Å². The van der Waals surface area contributed by atoms with E-state index in [4.69, 9.17) is 2.81 Å². The van der Waals surface area contributed by atoms with Gasteiger partial charge in [0.2, 0.25) is 0 Å². The molecule has 0 heterocycles. The first-order valence-corrected chi connectivity index (χ1v) is 6.16. The maximum absolute atomic E-state index is 5.24. The SMILES string of the molecule is CCCC[O][Zr][CH3]. The summed E-state index contributed by atoms with van der Waals surface area (Å²) in [4.78, 5) is 0. The van der Waals surface area contributed by atoms with Gasteiger partial charge in [-0.2, -0.15) is 0 Å². The first-order valence-electron chi connectivity index (χ1n) is 2.70. The Bertz CT molecular complexity index is 27.3. The third-order valence-corrected chi connectivity index (χ3v) is 1.96. The Morgan fingerprint density at radius 1 is 1.57 bits per heavy atom. The second kappa shape index (κ2) is 6.84. The molecule has 1 nitrogen and oxygen atoms in total.